The molecule has 2 aromatic carbocycles. The number of phosphoric acid groups is 1. The van der Waals surface area contributed by atoms with Gasteiger partial charge in [-0.25, -0.2) is 23.7 Å². The molecule has 0 bridgehead atoms. The molecule has 2 saturated heterocycles. The van der Waals surface area contributed by atoms with Gasteiger partial charge in [-0.3, -0.25) is 9.05 Å². The first-order chi connectivity index (χ1) is 35.0. The summed E-state index contributed by atoms with van der Waals surface area (Å²) in [5, 5.41) is 29.5. The highest BCUT2D eigenvalue weighted by atomic mass is 35.5. The topological polar surface area (TPSA) is 225 Å². The number of nitrogen functional groups attached to an aromatic ring is 1. The second kappa shape index (κ2) is 26.8. The van der Waals surface area contributed by atoms with Crippen molar-refractivity contribution in [1.29, 1.82) is 10.5 Å². The number of fused-ring (bicyclic) bond motifs is 2. The largest absolute Gasteiger partial charge is 0.530 e. The van der Waals surface area contributed by atoms with E-state index >= 15 is 4.57 Å². The molecule has 0 amide bonds. The van der Waals surface area contributed by atoms with Crippen LogP contribution in [0.2, 0.25) is 5.02 Å². The number of nitrogens with zero attached hydrogens (tertiary/aromatic N) is 8. The first kappa shape index (κ1) is 54.8. The molecular formula is C52H69ClN9O9P. The quantitative estimate of drug-likeness (QED) is 0.0312. The van der Waals surface area contributed by atoms with Crippen LogP contribution in [0.5, 0.6) is 5.75 Å². The highest BCUT2D eigenvalue weighted by Gasteiger charge is 2.65. The molecule has 2 fully saturated rings. The number of rotatable bonds is 32. The van der Waals surface area contributed by atoms with Gasteiger partial charge in [0, 0.05) is 6.61 Å². The van der Waals surface area contributed by atoms with Crippen molar-refractivity contribution >= 4 is 30.8 Å². The number of phosphoric ester groups is 1. The number of anilines is 1. The van der Waals surface area contributed by atoms with Crippen LogP contribution in [-0.4, -0.2) is 85.5 Å². The Bertz CT molecular complexity index is 2610. The van der Waals surface area contributed by atoms with Crippen molar-refractivity contribution in [2.24, 2.45) is 0 Å². The minimum atomic E-state index is -4.69. The molecule has 0 spiro atoms. The molecule has 388 valence electrons. The van der Waals surface area contributed by atoms with Crippen molar-refractivity contribution < 1.29 is 41.8 Å². The summed E-state index contributed by atoms with van der Waals surface area (Å²) in [4.78, 5) is 8.11. The van der Waals surface area contributed by atoms with E-state index in [1.54, 1.807) is 66.9 Å². The number of halogens is 1. The summed E-state index contributed by atoms with van der Waals surface area (Å²) in [6, 6.07) is 19.6. The van der Waals surface area contributed by atoms with Crippen molar-refractivity contribution in [3.63, 3.8) is 0 Å². The van der Waals surface area contributed by atoms with Gasteiger partial charge < -0.3 is 33.9 Å². The van der Waals surface area contributed by atoms with Crippen LogP contribution in [0.4, 0.5) is 5.82 Å². The highest BCUT2D eigenvalue weighted by molar-refractivity contribution is 7.49. The van der Waals surface area contributed by atoms with E-state index in [2.05, 4.69) is 39.2 Å². The Kier molecular flexibility index (Phi) is 20.4. The normalized spacial score (nSPS) is 20.5. The highest BCUT2D eigenvalue weighted by Crippen LogP contribution is 2.55. The van der Waals surface area contributed by atoms with Crippen LogP contribution < -0.4 is 10.3 Å². The lowest BCUT2D eigenvalue weighted by Gasteiger charge is -2.30. The van der Waals surface area contributed by atoms with Crippen LogP contribution >= 0.6 is 19.4 Å². The summed E-state index contributed by atoms with van der Waals surface area (Å²) < 4.78 is 68.1. The number of nitrogens with two attached hydrogens (primary N) is 1. The molecule has 7 rings (SSSR count). The zero-order valence-corrected chi connectivity index (χ0v) is 43.4. The molecule has 0 saturated carbocycles. The van der Waals surface area contributed by atoms with E-state index in [-0.39, 0.29) is 36.4 Å². The fraction of sp³-hybridized carbons (Fsp3) is 0.577. The fourth-order valence-corrected chi connectivity index (χ4v) is 10.6. The molecule has 72 heavy (non-hydrogen) atoms. The maximum Gasteiger partial charge on any atom is 0.530 e. The second-order valence-electron chi connectivity index (χ2n) is 18.9. The third kappa shape index (κ3) is 14.8. The molecule has 6 atom stereocenters. The van der Waals surface area contributed by atoms with Gasteiger partial charge in [-0.15, -0.1) is 0 Å². The van der Waals surface area contributed by atoms with Crippen molar-refractivity contribution in [1.82, 2.24) is 29.4 Å². The van der Waals surface area contributed by atoms with Crippen LogP contribution in [0, 0.1) is 22.7 Å². The lowest BCUT2D eigenvalue weighted by molar-refractivity contribution is -0.204. The van der Waals surface area contributed by atoms with E-state index in [0.717, 1.165) is 24.8 Å². The molecule has 0 radical (unpaired) electrons. The molecule has 5 heterocycles. The van der Waals surface area contributed by atoms with Gasteiger partial charge in [0.2, 0.25) is 5.60 Å². The average Bonchev–Trinajstić information content (AvgIpc) is 4.19. The molecular weight excluding hydrogens is 961 g/mol. The zero-order chi connectivity index (χ0) is 50.8. The number of ether oxygens (including phenoxy) is 5. The Balaban J connectivity index is 0.996. The van der Waals surface area contributed by atoms with E-state index in [1.807, 2.05) is 0 Å². The SMILES string of the molecule is CCCCCCCCCCCCCCCCCCOC[C@H](COP(=O)(OC[C@@]1(C#N)O[C@@H](c2ccc3c(N)ncnn23)[C@@H]2OC(C)(C)O[C@@H]21)Oc1ccccc1Cl)OCc1ccc(C#N)c(-n2cncn2)c1. The predicted octanol–water partition coefficient (Wildman–Crippen LogP) is 11.4. The lowest BCUT2D eigenvalue weighted by atomic mass is 9.96. The first-order valence-electron chi connectivity index (χ1n) is 25.4. The van der Waals surface area contributed by atoms with Crippen molar-refractivity contribution in [3.8, 4) is 23.6 Å². The summed E-state index contributed by atoms with van der Waals surface area (Å²) in [6.07, 6.45) is 20.9. The standard InChI is InChI=1S/C52H69ClN9O9P/c1-4-5-6-7-8-9-10-11-12-13-14-15-16-17-18-21-28-64-32-41(65-31-39-24-25-40(30-54)45(29-39)61-38-57-36-59-61)33-66-72(63,71-46-23-20-19-22-42(46)53)67-35-52(34-55)49-48(68-51(2,3)70-49)47(69-52)43-26-27-44-50(56)58-37-60-62(43)44/h19-20,22-27,29,36-38,41,47-49H,4-18,21,28,31-33,35H2,1-3H3,(H2,56,58,60)/t41-,47+,48+,49+,52-,72?/m1/s1. The van der Waals surface area contributed by atoms with Crippen LogP contribution in [0.1, 0.15) is 146 Å². The lowest BCUT2D eigenvalue weighted by Crippen LogP contribution is -2.46. The van der Waals surface area contributed by atoms with Gasteiger partial charge >= 0.3 is 7.82 Å². The summed E-state index contributed by atoms with van der Waals surface area (Å²) in [5.41, 5.74) is 6.96. The average molecular weight is 1030 g/mol. The molecule has 20 heteroatoms. The third-order valence-corrected chi connectivity index (χ3v) is 14.5. The van der Waals surface area contributed by atoms with Gasteiger partial charge in [-0.05, 0) is 62.2 Å². The number of hydrogen-bond donors (Lipinski definition) is 1. The Morgan fingerprint density at radius 2 is 1.56 bits per heavy atom. The van der Waals surface area contributed by atoms with Crippen LogP contribution in [0.15, 0.2) is 73.6 Å². The maximum atomic E-state index is 15.0. The van der Waals surface area contributed by atoms with E-state index in [0.29, 0.717) is 29.1 Å². The number of nitriles is 2. The fourth-order valence-electron chi connectivity index (χ4n) is 9.08. The molecule has 0 aliphatic carbocycles. The predicted molar refractivity (Wildman–Crippen MR) is 270 cm³/mol. The second-order valence-corrected chi connectivity index (χ2v) is 20.9. The van der Waals surface area contributed by atoms with Gasteiger partial charge in [0.15, 0.2) is 11.6 Å². The molecule has 18 nitrogen and oxygen atoms in total. The van der Waals surface area contributed by atoms with Crippen LogP contribution in [0.3, 0.4) is 0 Å². The van der Waals surface area contributed by atoms with Crippen LogP contribution in [-0.2, 0) is 43.9 Å². The van der Waals surface area contributed by atoms with E-state index in [4.69, 9.17) is 54.6 Å². The Morgan fingerprint density at radius 1 is 0.847 bits per heavy atom. The Labute approximate surface area is 428 Å². The number of para-hydroxylation sites is 1. The number of unbranched alkanes of at least 4 members (excludes halogenated alkanes) is 15. The minimum absolute atomic E-state index is 0.0190. The Hall–Kier alpha value is -4.98. The van der Waals surface area contributed by atoms with Gasteiger partial charge in [-0.1, -0.05) is 133 Å². The third-order valence-electron chi connectivity index (χ3n) is 12.9. The minimum Gasteiger partial charge on any atom is -0.402 e. The summed E-state index contributed by atoms with van der Waals surface area (Å²) in [7, 11) is -4.69. The van der Waals surface area contributed by atoms with Gasteiger partial charge in [0.1, 0.15) is 73.4 Å². The van der Waals surface area contributed by atoms with Gasteiger partial charge in [0.25, 0.3) is 0 Å². The molecule has 2 N–H and O–H groups in total. The smallest absolute Gasteiger partial charge is 0.402 e. The summed E-state index contributed by atoms with van der Waals surface area (Å²) in [6.45, 7) is 5.38. The summed E-state index contributed by atoms with van der Waals surface area (Å²) >= 11 is 6.52. The molecule has 1 unspecified atom stereocenters. The van der Waals surface area contributed by atoms with Crippen molar-refractivity contribution in [3.05, 3.63) is 95.4 Å². The van der Waals surface area contributed by atoms with Gasteiger partial charge in [-0.2, -0.15) is 20.7 Å². The van der Waals surface area contributed by atoms with Crippen LogP contribution in [0.25, 0.3) is 11.2 Å². The van der Waals surface area contributed by atoms with E-state index in [1.165, 1.54) is 113 Å². The van der Waals surface area contributed by atoms with Crippen molar-refractivity contribution in [2.75, 3.05) is 32.2 Å². The summed E-state index contributed by atoms with van der Waals surface area (Å²) in [5.74, 6) is -0.859. The monoisotopic (exact) mass is 1030 g/mol. The van der Waals surface area contributed by atoms with E-state index in [9.17, 15) is 10.5 Å². The number of aromatic nitrogens is 6. The molecule has 5 aromatic rings. The van der Waals surface area contributed by atoms with Crippen molar-refractivity contribution in [2.45, 2.75) is 166 Å². The van der Waals surface area contributed by atoms with Gasteiger partial charge in [0.05, 0.1) is 41.8 Å². The zero-order valence-electron chi connectivity index (χ0n) is 41.7. The molecule has 2 aliphatic rings. The van der Waals surface area contributed by atoms with E-state index < -0.39 is 50.2 Å². The number of benzene rings is 2. The number of hydrogen-bond acceptors (Lipinski definition) is 16. The maximum absolute atomic E-state index is 15.0. The Morgan fingerprint density at radius 3 is 2.22 bits per heavy atom. The molecule has 2 aliphatic heterocycles. The first-order valence-corrected chi connectivity index (χ1v) is 27.2. The molecule has 3 aromatic heterocycles.